The molecule has 0 radical (unpaired) electrons. The molecule has 1 heteroatoms. The van der Waals surface area contributed by atoms with Gasteiger partial charge in [0.2, 0.25) is 0 Å². The molecule has 0 aromatic heterocycles. The van der Waals surface area contributed by atoms with E-state index in [4.69, 9.17) is 0 Å². The molecule has 15 heavy (non-hydrogen) atoms. The molecule has 86 valence electrons. The van der Waals surface area contributed by atoms with Gasteiger partial charge >= 0.3 is 0 Å². The monoisotopic (exact) mass is 208 g/mol. The van der Waals surface area contributed by atoms with Gasteiger partial charge in [-0.2, -0.15) is 0 Å². The van der Waals surface area contributed by atoms with Crippen LogP contribution in [0.4, 0.5) is 0 Å². The number of allylic oxidation sites excluding steroid dienone is 3. The van der Waals surface area contributed by atoms with Crippen LogP contribution in [0.2, 0.25) is 0 Å². The van der Waals surface area contributed by atoms with Crippen LogP contribution >= 0.6 is 0 Å². The number of nitrogens with zero attached hydrogens (tertiary/aromatic N) is 1. The van der Waals surface area contributed by atoms with E-state index in [2.05, 4.69) is 66.9 Å². The fourth-order valence-corrected chi connectivity index (χ4v) is 2.71. The zero-order valence-corrected chi connectivity index (χ0v) is 11.4. The van der Waals surface area contributed by atoms with Gasteiger partial charge in [0.05, 0.1) is 13.6 Å². The molecule has 1 atom stereocenters. The highest BCUT2D eigenvalue weighted by Gasteiger charge is 2.39. The molecule has 0 spiro atoms. The van der Waals surface area contributed by atoms with Gasteiger partial charge in [0.25, 0.3) is 0 Å². The highest BCUT2D eigenvalue weighted by Crippen LogP contribution is 2.38. The van der Waals surface area contributed by atoms with Crippen molar-refractivity contribution in [3.63, 3.8) is 0 Å². The van der Waals surface area contributed by atoms with Crippen molar-refractivity contribution in [2.75, 3.05) is 13.6 Å². The van der Waals surface area contributed by atoms with E-state index in [1.807, 2.05) is 0 Å². The maximum atomic E-state index is 2.31. The summed E-state index contributed by atoms with van der Waals surface area (Å²) in [5.74, 6) is 0. The summed E-state index contributed by atoms with van der Waals surface area (Å²) in [6.45, 7) is 15.0. The average molecular weight is 208 g/mol. The van der Waals surface area contributed by atoms with Crippen molar-refractivity contribution in [3.8, 4) is 0 Å². The average Bonchev–Trinajstić information content (AvgIpc) is 2.24. The highest BCUT2D eigenvalue weighted by molar-refractivity contribution is 5.18. The summed E-state index contributed by atoms with van der Waals surface area (Å²) >= 11 is 0. The summed E-state index contributed by atoms with van der Waals surface area (Å²) in [7, 11) is 2.31. The Morgan fingerprint density at radius 3 is 2.00 bits per heavy atom. The van der Waals surface area contributed by atoms with Crippen molar-refractivity contribution in [2.24, 2.45) is 10.8 Å². The van der Waals surface area contributed by atoms with Crippen molar-refractivity contribution in [1.29, 1.82) is 0 Å². The minimum Gasteiger partial charge on any atom is -0.270 e. The first kappa shape index (κ1) is 12.5. The van der Waals surface area contributed by atoms with Crippen LogP contribution in [0.25, 0.3) is 0 Å². The van der Waals surface area contributed by atoms with Gasteiger partial charge in [0.1, 0.15) is 11.9 Å². The Balaban J connectivity index is 2.95. The minimum absolute atomic E-state index is 0.253. The molecule has 0 amide bonds. The Hall–Kier alpha value is -0.560. The van der Waals surface area contributed by atoms with Crippen LogP contribution in [-0.4, -0.2) is 18.1 Å². The van der Waals surface area contributed by atoms with E-state index in [0.29, 0.717) is 5.41 Å². The number of quaternary nitrogens is 1. The second-order valence-electron chi connectivity index (χ2n) is 7.13. The Bertz CT molecular complexity index is 296. The van der Waals surface area contributed by atoms with Crippen LogP contribution in [0.1, 0.15) is 41.5 Å². The molecule has 1 aliphatic heterocycles. The third-order valence-electron chi connectivity index (χ3n) is 2.79. The van der Waals surface area contributed by atoms with E-state index in [1.165, 1.54) is 5.70 Å². The number of hydrogen-bond acceptors (Lipinski definition) is 0. The second kappa shape index (κ2) is 3.48. The lowest BCUT2D eigenvalue weighted by Crippen LogP contribution is -2.45. The topological polar surface area (TPSA) is 0 Å². The molecule has 1 aliphatic rings. The Morgan fingerprint density at radius 1 is 1.07 bits per heavy atom. The Kier molecular flexibility index (Phi) is 2.90. The van der Waals surface area contributed by atoms with Gasteiger partial charge in [0.15, 0.2) is 0 Å². The van der Waals surface area contributed by atoms with Crippen LogP contribution in [-0.2, 0) is 0 Å². The Morgan fingerprint density at radius 2 is 1.60 bits per heavy atom. The van der Waals surface area contributed by atoms with Crippen LogP contribution < -0.4 is 0 Å². The molecule has 0 saturated carbocycles. The quantitative estimate of drug-likeness (QED) is 0.573. The van der Waals surface area contributed by atoms with Gasteiger partial charge in [-0.1, -0.05) is 41.5 Å². The first-order valence-electron chi connectivity index (χ1n) is 5.80. The van der Waals surface area contributed by atoms with Gasteiger partial charge in [-0.25, -0.2) is 0 Å². The maximum Gasteiger partial charge on any atom is 0.119 e. The first-order chi connectivity index (χ1) is 6.55. The SMILES string of the molecule is CC(C)(C)C[N+]1(C)C=CC=C1C(C)(C)C. The molecule has 0 saturated heterocycles. The van der Waals surface area contributed by atoms with E-state index < -0.39 is 0 Å². The summed E-state index contributed by atoms with van der Waals surface area (Å²) in [4.78, 5) is 0. The molecule has 0 aliphatic carbocycles. The number of rotatable bonds is 1. The molecule has 1 rings (SSSR count). The predicted molar refractivity (Wildman–Crippen MR) is 67.2 cm³/mol. The van der Waals surface area contributed by atoms with Crippen molar-refractivity contribution in [1.82, 2.24) is 0 Å². The summed E-state index contributed by atoms with van der Waals surface area (Å²) in [6, 6.07) is 0. The molecule has 1 nitrogen and oxygen atoms in total. The highest BCUT2D eigenvalue weighted by atomic mass is 15.3. The number of hydrogen-bond donors (Lipinski definition) is 0. The third-order valence-corrected chi connectivity index (χ3v) is 2.79. The van der Waals surface area contributed by atoms with Gasteiger partial charge < -0.3 is 0 Å². The summed E-state index contributed by atoms with van der Waals surface area (Å²) < 4.78 is 0.965. The molecule has 0 N–H and O–H groups in total. The van der Waals surface area contributed by atoms with Crippen molar-refractivity contribution < 1.29 is 4.48 Å². The van der Waals surface area contributed by atoms with Crippen molar-refractivity contribution in [3.05, 3.63) is 24.0 Å². The molecule has 1 unspecified atom stereocenters. The van der Waals surface area contributed by atoms with Gasteiger partial charge in [0, 0.05) is 16.9 Å². The molecule has 1 heterocycles. The fourth-order valence-electron chi connectivity index (χ4n) is 2.71. The largest absolute Gasteiger partial charge is 0.270 e. The molecular weight excluding hydrogens is 182 g/mol. The molecule has 0 fully saturated rings. The molecule has 0 aromatic rings. The minimum atomic E-state index is 0.253. The second-order valence-corrected chi connectivity index (χ2v) is 7.13. The summed E-state index contributed by atoms with van der Waals surface area (Å²) in [5, 5.41) is 0. The standard InChI is InChI=1S/C14H26N/c1-13(2,3)11-15(7)10-8-9-12(15)14(4,5)6/h8-10H,11H2,1-7H3/q+1. The van der Waals surface area contributed by atoms with E-state index in [-0.39, 0.29) is 5.41 Å². The maximum absolute atomic E-state index is 2.31. The van der Waals surface area contributed by atoms with Crippen LogP contribution in [0.3, 0.4) is 0 Å². The lowest BCUT2D eigenvalue weighted by molar-refractivity contribution is -0.831. The van der Waals surface area contributed by atoms with E-state index >= 15 is 0 Å². The van der Waals surface area contributed by atoms with Crippen molar-refractivity contribution in [2.45, 2.75) is 41.5 Å². The predicted octanol–water partition coefficient (Wildman–Crippen LogP) is 3.94. The smallest absolute Gasteiger partial charge is 0.119 e. The van der Waals surface area contributed by atoms with Crippen molar-refractivity contribution >= 4 is 0 Å². The summed E-state index contributed by atoms with van der Waals surface area (Å²) in [6.07, 6.45) is 6.80. The molecule has 0 bridgehead atoms. The van der Waals surface area contributed by atoms with Gasteiger partial charge in [-0.3, -0.25) is 4.48 Å². The zero-order chi connectivity index (χ0) is 11.9. The van der Waals surface area contributed by atoms with Crippen LogP contribution in [0.15, 0.2) is 24.0 Å². The lowest BCUT2D eigenvalue weighted by Gasteiger charge is -2.39. The fraction of sp³-hybridized carbons (Fsp3) is 0.714. The Labute approximate surface area is 95.1 Å². The third kappa shape index (κ3) is 2.94. The van der Waals surface area contributed by atoms with E-state index in [1.54, 1.807) is 0 Å². The lowest BCUT2D eigenvalue weighted by atomic mass is 9.88. The van der Waals surface area contributed by atoms with E-state index in [0.717, 1.165) is 11.0 Å². The zero-order valence-electron chi connectivity index (χ0n) is 11.4. The summed E-state index contributed by atoms with van der Waals surface area (Å²) in [5.41, 5.74) is 2.12. The van der Waals surface area contributed by atoms with Gasteiger partial charge in [-0.15, -0.1) is 0 Å². The van der Waals surface area contributed by atoms with Crippen LogP contribution in [0.5, 0.6) is 0 Å². The normalized spacial score (nSPS) is 27.0. The van der Waals surface area contributed by atoms with Crippen LogP contribution in [0, 0.1) is 10.8 Å². The first-order valence-corrected chi connectivity index (χ1v) is 5.80. The molecule has 0 aromatic carbocycles. The molecular formula is C14H26N+. The van der Waals surface area contributed by atoms with Gasteiger partial charge in [-0.05, 0) is 6.08 Å². The van der Waals surface area contributed by atoms with E-state index in [9.17, 15) is 0 Å².